The largest absolute Gasteiger partial charge is 0.480 e. The van der Waals surface area contributed by atoms with Gasteiger partial charge in [-0.2, -0.15) is 0 Å². The smallest absolute Gasteiger partial charge is 0.317 e. The molecule has 0 bridgehead atoms. The molecule has 0 spiro atoms. The average Bonchev–Trinajstić information content (AvgIpc) is 2.31. The summed E-state index contributed by atoms with van der Waals surface area (Å²) in [5, 5.41) is 17.6. The van der Waals surface area contributed by atoms with Gasteiger partial charge in [-0.25, -0.2) is 0 Å². The van der Waals surface area contributed by atoms with Crippen molar-refractivity contribution >= 4 is 23.5 Å². The quantitative estimate of drug-likeness (QED) is 0.446. The maximum atomic E-state index is 11.1. The Bertz CT molecular complexity index is 340. The van der Waals surface area contributed by atoms with Crippen molar-refractivity contribution in [3.8, 4) is 0 Å². The van der Waals surface area contributed by atoms with Crippen LogP contribution in [0.4, 0.5) is 0 Å². The van der Waals surface area contributed by atoms with Crippen molar-refractivity contribution < 1.29 is 29.4 Å². The summed E-state index contributed by atoms with van der Waals surface area (Å²) < 4.78 is 0. The summed E-state index contributed by atoms with van der Waals surface area (Å²) in [4.78, 5) is 46.6. The fourth-order valence-corrected chi connectivity index (χ4v) is 2.11. The molecule has 0 rings (SSSR count). The Balaban J connectivity index is 4.20. The van der Waals surface area contributed by atoms with E-state index in [-0.39, 0.29) is 37.7 Å². The Morgan fingerprint density at radius 3 is 1.23 bits per heavy atom. The number of rotatable bonds is 13. The standard InChI is InChI=1S/C14H24N2O6/c1-11(17)7-15(9-13(19)20)5-3-4-6-16(8-12(2)18)10-14(21)22/h3-10H2,1-2H3,(H,19,20)(H,21,22). The third kappa shape index (κ3) is 12.0. The Morgan fingerprint density at radius 2 is 1.00 bits per heavy atom. The number of nitrogens with zero attached hydrogens (tertiary/aromatic N) is 2. The number of ketones is 2. The maximum Gasteiger partial charge on any atom is 0.317 e. The van der Waals surface area contributed by atoms with Crippen molar-refractivity contribution in [2.75, 3.05) is 39.3 Å². The van der Waals surface area contributed by atoms with Gasteiger partial charge in [0.05, 0.1) is 26.2 Å². The molecule has 0 saturated carbocycles. The molecule has 0 aliphatic carbocycles. The summed E-state index contributed by atoms with van der Waals surface area (Å²) in [5.74, 6) is -2.20. The van der Waals surface area contributed by atoms with Crippen molar-refractivity contribution in [1.29, 1.82) is 0 Å². The molecule has 0 aliphatic rings. The molecular weight excluding hydrogens is 292 g/mol. The zero-order valence-corrected chi connectivity index (χ0v) is 13.1. The van der Waals surface area contributed by atoms with Crippen LogP contribution in [-0.2, 0) is 19.2 Å². The van der Waals surface area contributed by atoms with E-state index >= 15 is 0 Å². The molecule has 0 aromatic heterocycles. The molecule has 22 heavy (non-hydrogen) atoms. The summed E-state index contributed by atoms with van der Waals surface area (Å²) in [6.07, 6.45) is 1.24. The van der Waals surface area contributed by atoms with E-state index in [4.69, 9.17) is 10.2 Å². The fraction of sp³-hybridized carbons (Fsp3) is 0.714. The Labute approximate surface area is 129 Å². The molecule has 0 amide bonds. The minimum Gasteiger partial charge on any atom is -0.480 e. The van der Waals surface area contributed by atoms with Crippen LogP contribution in [0, 0.1) is 0 Å². The molecule has 0 saturated heterocycles. The van der Waals surface area contributed by atoms with Gasteiger partial charge in [-0.1, -0.05) is 0 Å². The van der Waals surface area contributed by atoms with Crippen LogP contribution >= 0.6 is 0 Å². The summed E-state index contributed by atoms with van der Waals surface area (Å²) in [6, 6.07) is 0. The van der Waals surface area contributed by atoms with Crippen LogP contribution in [0.15, 0.2) is 0 Å². The Hall–Kier alpha value is -1.80. The van der Waals surface area contributed by atoms with Crippen molar-refractivity contribution in [2.24, 2.45) is 0 Å². The lowest BCUT2D eigenvalue weighted by atomic mass is 10.2. The second-order valence-corrected chi connectivity index (χ2v) is 5.32. The third-order valence-electron chi connectivity index (χ3n) is 2.81. The van der Waals surface area contributed by atoms with Crippen LogP contribution < -0.4 is 0 Å². The van der Waals surface area contributed by atoms with Crippen LogP contribution in [-0.4, -0.2) is 82.8 Å². The van der Waals surface area contributed by atoms with Gasteiger partial charge in [0, 0.05) is 0 Å². The molecule has 0 radical (unpaired) electrons. The molecule has 0 unspecified atom stereocenters. The van der Waals surface area contributed by atoms with E-state index in [1.54, 1.807) is 0 Å². The van der Waals surface area contributed by atoms with E-state index in [1.165, 1.54) is 23.6 Å². The molecule has 0 aromatic rings. The average molecular weight is 316 g/mol. The van der Waals surface area contributed by atoms with Crippen molar-refractivity contribution in [3.05, 3.63) is 0 Å². The van der Waals surface area contributed by atoms with E-state index in [1.807, 2.05) is 0 Å². The highest BCUT2D eigenvalue weighted by molar-refractivity contribution is 5.79. The molecule has 0 fully saturated rings. The summed E-state index contributed by atoms with van der Waals surface area (Å²) in [6.45, 7) is 3.43. The van der Waals surface area contributed by atoms with Gasteiger partial charge in [0.25, 0.3) is 0 Å². The maximum absolute atomic E-state index is 11.1. The van der Waals surface area contributed by atoms with E-state index < -0.39 is 11.9 Å². The molecule has 8 nitrogen and oxygen atoms in total. The van der Waals surface area contributed by atoms with Gasteiger partial charge < -0.3 is 10.2 Å². The fourth-order valence-electron chi connectivity index (χ4n) is 2.11. The number of carbonyl (C=O) groups excluding carboxylic acids is 2. The van der Waals surface area contributed by atoms with E-state index in [2.05, 4.69) is 0 Å². The third-order valence-corrected chi connectivity index (χ3v) is 2.81. The number of hydrogen-bond acceptors (Lipinski definition) is 6. The molecular formula is C14H24N2O6. The number of carboxylic acid groups (broad SMARTS) is 2. The van der Waals surface area contributed by atoms with Gasteiger partial charge in [0.1, 0.15) is 11.6 Å². The highest BCUT2D eigenvalue weighted by Gasteiger charge is 2.13. The number of Topliss-reactive ketones (excluding diaryl/α,β-unsaturated/α-hetero) is 2. The number of carboxylic acids is 2. The highest BCUT2D eigenvalue weighted by atomic mass is 16.4. The lowest BCUT2D eigenvalue weighted by Gasteiger charge is -2.21. The first-order chi connectivity index (χ1) is 10.2. The van der Waals surface area contributed by atoms with E-state index in [0.29, 0.717) is 25.9 Å². The minimum absolute atomic E-state index is 0.0819. The van der Waals surface area contributed by atoms with Gasteiger partial charge in [-0.05, 0) is 39.8 Å². The Kier molecular flexibility index (Phi) is 9.97. The van der Waals surface area contributed by atoms with Crippen molar-refractivity contribution in [2.45, 2.75) is 26.7 Å². The summed E-state index contributed by atoms with van der Waals surface area (Å²) in [5.41, 5.74) is 0. The predicted molar refractivity (Wildman–Crippen MR) is 78.7 cm³/mol. The lowest BCUT2D eigenvalue weighted by molar-refractivity contribution is -0.140. The lowest BCUT2D eigenvalue weighted by Crippen LogP contribution is -2.36. The first kappa shape index (κ1) is 20.2. The summed E-state index contributed by atoms with van der Waals surface area (Å²) in [7, 11) is 0. The van der Waals surface area contributed by atoms with Gasteiger partial charge in [0.2, 0.25) is 0 Å². The van der Waals surface area contributed by atoms with Crippen LogP contribution in [0.25, 0.3) is 0 Å². The van der Waals surface area contributed by atoms with Crippen LogP contribution in [0.1, 0.15) is 26.7 Å². The van der Waals surface area contributed by atoms with E-state index in [0.717, 1.165) is 0 Å². The Morgan fingerprint density at radius 1 is 0.682 bits per heavy atom. The number of unbranched alkanes of at least 4 members (excludes halogenated alkanes) is 1. The zero-order chi connectivity index (χ0) is 17.1. The highest BCUT2D eigenvalue weighted by Crippen LogP contribution is 2.00. The van der Waals surface area contributed by atoms with Crippen LogP contribution in [0.2, 0.25) is 0 Å². The van der Waals surface area contributed by atoms with E-state index in [9.17, 15) is 19.2 Å². The second kappa shape index (κ2) is 10.9. The zero-order valence-electron chi connectivity index (χ0n) is 13.1. The molecule has 0 atom stereocenters. The summed E-state index contributed by atoms with van der Waals surface area (Å²) >= 11 is 0. The van der Waals surface area contributed by atoms with Gasteiger partial charge in [-0.15, -0.1) is 0 Å². The second-order valence-electron chi connectivity index (χ2n) is 5.32. The molecule has 8 heteroatoms. The molecule has 0 aliphatic heterocycles. The van der Waals surface area contributed by atoms with Crippen LogP contribution in [0.3, 0.4) is 0 Å². The minimum atomic E-state index is -0.995. The van der Waals surface area contributed by atoms with Crippen LogP contribution in [0.5, 0.6) is 0 Å². The monoisotopic (exact) mass is 316 g/mol. The van der Waals surface area contributed by atoms with Crippen molar-refractivity contribution in [1.82, 2.24) is 9.80 Å². The molecule has 2 N–H and O–H groups in total. The SMILES string of the molecule is CC(=O)CN(CCCCN(CC(C)=O)CC(=O)O)CC(=O)O. The number of hydrogen-bond donors (Lipinski definition) is 2. The predicted octanol–water partition coefficient (Wildman–Crippen LogP) is -0.282. The molecule has 0 heterocycles. The number of aliphatic carboxylic acids is 2. The van der Waals surface area contributed by atoms with Gasteiger partial charge in [0.15, 0.2) is 0 Å². The first-order valence-electron chi connectivity index (χ1n) is 7.08. The van der Waals surface area contributed by atoms with Gasteiger partial charge in [-0.3, -0.25) is 29.0 Å². The molecule has 0 aromatic carbocycles. The normalized spacial score (nSPS) is 10.9. The molecule has 126 valence electrons. The topological polar surface area (TPSA) is 115 Å². The first-order valence-corrected chi connectivity index (χ1v) is 7.08. The number of carbonyl (C=O) groups is 4. The van der Waals surface area contributed by atoms with Gasteiger partial charge >= 0.3 is 11.9 Å². The van der Waals surface area contributed by atoms with Crippen molar-refractivity contribution in [3.63, 3.8) is 0 Å².